The van der Waals surface area contributed by atoms with Gasteiger partial charge in [-0.1, -0.05) is 5.16 Å². The van der Waals surface area contributed by atoms with Crippen molar-refractivity contribution in [3.05, 3.63) is 5.57 Å². The molecule has 68 valence electrons. The van der Waals surface area contributed by atoms with Crippen LogP contribution in [0.2, 0.25) is 0 Å². The van der Waals surface area contributed by atoms with Gasteiger partial charge in [-0.2, -0.15) is 0 Å². The van der Waals surface area contributed by atoms with Gasteiger partial charge in [0.15, 0.2) is 6.10 Å². The average molecular weight is 181 g/mol. The lowest BCUT2D eigenvalue weighted by molar-refractivity contribution is -0.129. The summed E-state index contributed by atoms with van der Waals surface area (Å²) in [5.41, 5.74) is -0.248. The molecule has 0 saturated heterocycles. The van der Waals surface area contributed by atoms with E-state index in [-0.39, 0.29) is 17.2 Å². The minimum absolute atomic E-state index is 0.0509. The highest BCUT2D eigenvalue weighted by Gasteiger charge is 2.43. The lowest BCUT2D eigenvalue weighted by Gasteiger charge is -2.04. The van der Waals surface area contributed by atoms with Crippen LogP contribution >= 0.6 is 0 Å². The van der Waals surface area contributed by atoms with E-state index in [4.69, 9.17) is 9.94 Å². The molecule has 1 aliphatic heterocycles. The highest BCUT2D eigenvalue weighted by atomic mass is 16.6. The Balaban J connectivity index is 2.25. The molecule has 0 bridgehead atoms. The molecule has 1 atom stereocenters. The van der Waals surface area contributed by atoms with Gasteiger partial charge in [-0.25, -0.2) is 9.59 Å². The van der Waals surface area contributed by atoms with Crippen molar-refractivity contribution in [2.24, 2.45) is 11.1 Å². The second-order valence-electron chi connectivity index (χ2n) is 3.12. The van der Waals surface area contributed by atoms with Crippen molar-refractivity contribution in [2.75, 3.05) is 0 Å². The summed E-state index contributed by atoms with van der Waals surface area (Å²) in [6.45, 7) is 0. The summed E-state index contributed by atoms with van der Waals surface area (Å²) in [6, 6.07) is 0. The summed E-state index contributed by atoms with van der Waals surface area (Å²) >= 11 is 0. The Hall–Kier alpha value is -1.61. The van der Waals surface area contributed by atoms with Crippen LogP contribution < -0.4 is 0 Å². The second kappa shape index (κ2) is 2.71. The van der Waals surface area contributed by atoms with Crippen LogP contribution in [-0.4, -0.2) is 28.8 Å². The van der Waals surface area contributed by atoms with Crippen LogP contribution in [0.15, 0.2) is 10.7 Å². The van der Waals surface area contributed by atoms with Gasteiger partial charge in [-0.05, 0) is 12.8 Å². The molecule has 0 aromatic rings. The van der Waals surface area contributed by atoms with E-state index in [2.05, 4.69) is 5.16 Å². The van der Waals surface area contributed by atoms with Crippen LogP contribution in [0.25, 0.3) is 0 Å². The van der Waals surface area contributed by atoms with E-state index >= 15 is 0 Å². The maximum atomic E-state index is 10.5. The SMILES string of the molecule is O=C=C1C(C(=O)O)=NOC1C1CC1. The minimum atomic E-state index is -1.23. The number of hydrogen-bond acceptors (Lipinski definition) is 4. The topological polar surface area (TPSA) is 76.0 Å². The molecule has 0 amide bonds. The number of aliphatic carboxylic acids is 1. The fourth-order valence-electron chi connectivity index (χ4n) is 1.33. The second-order valence-corrected chi connectivity index (χ2v) is 3.12. The molecule has 0 aromatic carbocycles. The zero-order chi connectivity index (χ0) is 9.42. The standard InChI is InChI=1S/C8H7NO4/c10-3-5-6(8(11)12)9-13-7(5)4-1-2-4/h4,7H,1-2H2,(H,11,12). The van der Waals surface area contributed by atoms with Crippen molar-refractivity contribution in [3.63, 3.8) is 0 Å². The smallest absolute Gasteiger partial charge is 0.359 e. The highest BCUT2D eigenvalue weighted by Crippen LogP contribution is 2.39. The van der Waals surface area contributed by atoms with Gasteiger partial charge in [0.05, 0.1) is 0 Å². The maximum Gasteiger partial charge on any atom is 0.359 e. The molecule has 13 heavy (non-hydrogen) atoms. The van der Waals surface area contributed by atoms with E-state index < -0.39 is 12.1 Å². The van der Waals surface area contributed by atoms with Crippen LogP contribution in [0.1, 0.15) is 12.8 Å². The van der Waals surface area contributed by atoms with Gasteiger partial charge in [0, 0.05) is 5.92 Å². The van der Waals surface area contributed by atoms with Crippen LogP contribution in [0, 0.1) is 5.92 Å². The fraction of sp³-hybridized carbons (Fsp3) is 0.500. The molecule has 2 aliphatic rings. The first kappa shape index (κ1) is 8.01. The Kier molecular flexibility index (Phi) is 1.67. The first-order chi connectivity index (χ1) is 6.24. The average Bonchev–Trinajstić information content (AvgIpc) is 2.84. The minimum Gasteiger partial charge on any atom is -0.476 e. The van der Waals surface area contributed by atoms with Gasteiger partial charge in [-0.3, -0.25) is 0 Å². The summed E-state index contributed by atoms with van der Waals surface area (Å²) in [5.74, 6) is 0.609. The monoisotopic (exact) mass is 181 g/mol. The Morgan fingerprint density at radius 1 is 1.62 bits per heavy atom. The number of hydrogen-bond donors (Lipinski definition) is 1. The molecular formula is C8H7NO4. The van der Waals surface area contributed by atoms with Crippen LogP contribution in [0.4, 0.5) is 0 Å². The third-order valence-electron chi connectivity index (χ3n) is 2.16. The molecule has 2 rings (SSSR count). The van der Waals surface area contributed by atoms with Crippen molar-refractivity contribution in [3.8, 4) is 0 Å². The number of nitrogens with zero attached hydrogens (tertiary/aromatic N) is 1. The number of carboxylic acids is 1. The highest BCUT2D eigenvalue weighted by molar-refractivity contribution is 6.44. The number of carbonyl (C=O) groups excluding carboxylic acids is 1. The van der Waals surface area contributed by atoms with E-state index in [1.165, 1.54) is 0 Å². The lowest BCUT2D eigenvalue weighted by atomic mass is 10.0. The molecule has 1 aliphatic carbocycles. The number of oxime groups is 1. The zero-order valence-corrected chi connectivity index (χ0v) is 6.69. The van der Waals surface area contributed by atoms with Crippen LogP contribution in [-0.2, 0) is 14.4 Å². The normalized spacial score (nSPS) is 26.3. The third-order valence-corrected chi connectivity index (χ3v) is 2.16. The number of rotatable bonds is 2. The summed E-state index contributed by atoms with van der Waals surface area (Å²) in [7, 11) is 0. The summed E-state index contributed by atoms with van der Waals surface area (Å²) < 4.78 is 0. The van der Waals surface area contributed by atoms with Crippen LogP contribution in [0.5, 0.6) is 0 Å². The molecule has 1 unspecified atom stereocenters. The van der Waals surface area contributed by atoms with Gasteiger partial charge in [-0.15, -0.1) is 0 Å². The molecule has 1 saturated carbocycles. The van der Waals surface area contributed by atoms with Gasteiger partial charge in [0.1, 0.15) is 11.5 Å². The van der Waals surface area contributed by atoms with E-state index in [0.29, 0.717) is 0 Å². The molecule has 1 heterocycles. The molecule has 0 spiro atoms. The van der Waals surface area contributed by atoms with E-state index in [9.17, 15) is 9.59 Å². The Morgan fingerprint density at radius 3 is 2.77 bits per heavy atom. The van der Waals surface area contributed by atoms with Gasteiger partial charge < -0.3 is 9.94 Å². The predicted molar refractivity (Wildman–Crippen MR) is 41.9 cm³/mol. The van der Waals surface area contributed by atoms with Crippen molar-refractivity contribution in [1.82, 2.24) is 0 Å². The quantitative estimate of drug-likeness (QED) is 0.608. The Bertz CT molecular complexity index is 336. The molecule has 5 nitrogen and oxygen atoms in total. The maximum absolute atomic E-state index is 10.5. The molecule has 1 fully saturated rings. The lowest BCUT2D eigenvalue weighted by Crippen LogP contribution is -2.20. The van der Waals surface area contributed by atoms with E-state index in [1.54, 1.807) is 5.94 Å². The molecule has 0 radical (unpaired) electrons. The van der Waals surface area contributed by atoms with Crippen molar-refractivity contribution < 1.29 is 19.5 Å². The Labute approximate surface area is 73.7 Å². The summed E-state index contributed by atoms with van der Waals surface area (Å²) in [6.07, 6.45) is 1.44. The molecular weight excluding hydrogens is 174 g/mol. The Morgan fingerprint density at radius 2 is 2.31 bits per heavy atom. The predicted octanol–water partition coefficient (Wildman–Crippen LogP) is -0.00620. The van der Waals surface area contributed by atoms with Crippen molar-refractivity contribution in [2.45, 2.75) is 18.9 Å². The van der Waals surface area contributed by atoms with E-state index in [0.717, 1.165) is 12.8 Å². The van der Waals surface area contributed by atoms with Gasteiger partial charge in [0.25, 0.3) is 0 Å². The first-order valence-electron chi connectivity index (χ1n) is 3.96. The fourth-order valence-corrected chi connectivity index (χ4v) is 1.33. The van der Waals surface area contributed by atoms with Crippen molar-refractivity contribution in [1.29, 1.82) is 0 Å². The number of carbonyl (C=O) groups is 1. The van der Waals surface area contributed by atoms with E-state index in [1.807, 2.05) is 0 Å². The van der Waals surface area contributed by atoms with Crippen molar-refractivity contribution >= 4 is 17.6 Å². The third kappa shape index (κ3) is 1.23. The van der Waals surface area contributed by atoms with Gasteiger partial charge in [0.2, 0.25) is 5.71 Å². The molecule has 0 aromatic heterocycles. The summed E-state index contributed by atoms with van der Waals surface area (Å²) in [4.78, 5) is 25.9. The largest absolute Gasteiger partial charge is 0.476 e. The zero-order valence-electron chi connectivity index (χ0n) is 6.69. The van der Waals surface area contributed by atoms with Gasteiger partial charge >= 0.3 is 5.97 Å². The molecule has 1 N–H and O–H groups in total. The molecule has 5 heteroatoms. The summed E-state index contributed by atoms with van der Waals surface area (Å²) in [5, 5.41) is 12.0. The van der Waals surface area contributed by atoms with Crippen LogP contribution in [0.3, 0.4) is 0 Å². The first-order valence-corrected chi connectivity index (χ1v) is 3.96. The number of carboxylic acid groups (broad SMARTS) is 1.